The molecule has 0 aliphatic carbocycles. The molecule has 11 heteroatoms. The van der Waals surface area contributed by atoms with Gasteiger partial charge in [-0.25, -0.2) is 10.2 Å². The van der Waals surface area contributed by atoms with Crippen LogP contribution in [0.2, 0.25) is 0 Å². The summed E-state index contributed by atoms with van der Waals surface area (Å²) in [6, 6.07) is 19.5. The van der Waals surface area contributed by atoms with Crippen molar-refractivity contribution in [2.24, 2.45) is 5.10 Å². The van der Waals surface area contributed by atoms with Crippen LogP contribution in [0.5, 0.6) is 5.75 Å². The van der Waals surface area contributed by atoms with E-state index in [1.165, 1.54) is 12.1 Å². The molecule has 0 aromatic heterocycles. The van der Waals surface area contributed by atoms with Crippen molar-refractivity contribution in [2.45, 2.75) is 6.18 Å². The molecule has 1 amide bonds. The quantitative estimate of drug-likeness (QED) is 0.117. The molecule has 4 aromatic carbocycles. The topological polar surface area (TPSA) is 111 Å². The fourth-order valence-electron chi connectivity index (χ4n) is 3.52. The van der Waals surface area contributed by atoms with Crippen molar-refractivity contribution < 1.29 is 32.4 Å². The number of hydrazone groups is 1. The van der Waals surface area contributed by atoms with E-state index in [9.17, 15) is 32.9 Å². The van der Waals surface area contributed by atoms with E-state index in [4.69, 9.17) is 4.74 Å². The van der Waals surface area contributed by atoms with Gasteiger partial charge in [-0.3, -0.25) is 14.9 Å². The maximum Gasteiger partial charge on any atom is 0.416 e. The minimum absolute atomic E-state index is 0.0623. The van der Waals surface area contributed by atoms with Crippen LogP contribution >= 0.6 is 0 Å². The van der Waals surface area contributed by atoms with Crippen molar-refractivity contribution in [3.8, 4) is 5.75 Å². The van der Waals surface area contributed by atoms with Gasteiger partial charge >= 0.3 is 17.8 Å². The van der Waals surface area contributed by atoms with Gasteiger partial charge < -0.3 is 4.74 Å². The number of hydrogen-bond donors (Lipinski definition) is 1. The van der Waals surface area contributed by atoms with Gasteiger partial charge in [0, 0.05) is 17.2 Å². The Morgan fingerprint density at radius 1 is 0.946 bits per heavy atom. The molecule has 0 radical (unpaired) electrons. The third-order valence-electron chi connectivity index (χ3n) is 5.25. The summed E-state index contributed by atoms with van der Waals surface area (Å²) in [6.45, 7) is 0. The molecule has 1 N–H and O–H groups in total. The van der Waals surface area contributed by atoms with Gasteiger partial charge in [0.1, 0.15) is 0 Å². The first kappa shape index (κ1) is 25.0. The largest absolute Gasteiger partial charge is 0.416 e. The summed E-state index contributed by atoms with van der Waals surface area (Å²) in [5, 5.41) is 16.9. The molecule has 37 heavy (non-hydrogen) atoms. The number of para-hydroxylation sites is 1. The Balaban J connectivity index is 1.60. The zero-order valence-corrected chi connectivity index (χ0v) is 18.7. The van der Waals surface area contributed by atoms with Crippen molar-refractivity contribution in [1.29, 1.82) is 0 Å². The lowest BCUT2D eigenvalue weighted by molar-refractivity contribution is -0.385. The smallest absolute Gasteiger partial charge is 0.415 e. The number of fused-ring (bicyclic) bond motifs is 1. The van der Waals surface area contributed by atoms with Gasteiger partial charge in [0.2, 0.25) is 5.75 Å². The fraction of sp³-hybridized carbons (Fsp3) is 0.0385. The average molecular weight is 507 g/mol. The summed E-state index contributed by atoms with van der Waals surface area (Å²) < 4.78 is 44.2. The number of nitro groups is 1. The second-order valence-electron chi connectivity index (χ2n) is 7.65. The van der Waals surface area contributed by atoms with Crippen LogP contribution in [0.3, 0.4) is 0 Å². The molecule has 0 fully saturated rings. The predicted octanol–water partition coefficient (Wildman–Crippen LogP) is 5.75. The SMILES string of the molecule is O=C(Oc1c(/C=N/NC(=O)c2cccc3ccccc23)cccc1[N+](=O)[O-])c1cccc(C(F)(F)F)c1. The highest BCUT2D eigenvalue weighted by molar-refractivity contribution is 6.07. The Morgan fingerprint density at radius 2 is 1.65 bits per heavy atom. The van der Waals surface area contributed by atoms with Crippen LogP contribution < -0.4 is 10.2 Å². The van der Waals surface area contributed by atoms with Gasteiger partial charge in [0.15, 0.2) is 0 Å². The first-order chi connectivity index (χ1) is 17.6. The molecule has 4 aromatic rings. The third kappa shape index (κ3) is 5.61. The van der Waals surface area contributed by atoms with Crippen LogP contribution in [0.1, 0.15) is 31.8 Å². The van der Waals surface area contributed by atoms with Crippen LogP contribution in [-0.2, 0) is 6.18 Å². The van der Waals surface area contributed by atoms with E-state index in [1.807, 2.05) is 18.2 Å². The number of amides is 1. The lowest BCUT2D eigenvalue weighted by atomic mass is 10.0. The molecule has 0 spiro atoms. The molecule has 0 bridgehead atoms. The Bertz CT molecular complexity index is 1550. The molecule has 0 saturated carbocycles. The van der Waals surface area contributed by atoms with E-state index in [-0.39, 0.29) is 5.56 Å². The summed E-state index contributed by atoms with van der Waals surface area (Å²) in [5.41, 5.74) is 0.436. The van der Waals surface area contributed by atoms with E-state index < -0.39 is 45.5 Å². The Hall–Kier alpha value is -5.06. The van der Waals surface area contributed by atoms with Crippen molar-refractivity contribution in [3.05, 3.63) is 117 Å². The number of nitrogens with one attached hydrogen (secondary N) is 1. The van der Waals surface area contributed by atoms with E-state index in [1.54, 1.807) is 24.3 Å². The molecule has 8 nitrogen and oxygen atoms in total. The maximum atomic E-state index is 13.0. The van der Waals surface area contributed by atoms with Crippen LogP contribution in [0.15, 0.2) is 90.0 Å². The van der Waals surface area contributed by atoms with Gasteiger partial charge in [-0.1, -0.05) is 48.5 Å². The first-order valence-corrected chi connectivity index (χ1v) is 10.6. The molecule has 186 valence electrons. The van der Waals surface area contributed by atoms with Crippen molar-refractivity contribution in [2.75, 3.05) is 0 Å². The molecule has 4 rings (SSSR count). The molecule has 0 aliphatic heterocycles. The standard InChI is InChI=1S/C26H16F3N3O5/c27-26(28,29)19-10-3-8-17(14-19)25(34)37-23-18(9-5-13-22(23)32(35)36)15-30-31-24(33)21-12-4-7-16-6-1-2-11-20(16)21/h1-15H,(H,31,33)/b30-15+. The highest BCUT2D eigenvalue weighted by Crippen LogP contribution is 2.32. The molecule has 0 unspecified atom stereocenters. The van der Waals surface area contributed by atoms with Crippen molar-refractivity contribution >= 4 is 34.6 Å². The number of hydrogen-bond acceptors (Lipinski definition) is 6. The molecule has 0 atom stereocenters. The molecule has 0 aliphatic rings. The number of halogens is 3. The van der Waals surface area contributed by atoms with E-state index >= 15 is 0 Å². The van der Waals surface area contributed by atoms with E-state index in [0.717, 1.165) is 35.9 Å². The lowest BCUT2D eigenvalue weighted by Crippen LogP contribution is -2.18. The highest BCUT2D eigenvalue weighted by atomic mass is 19.4. The highest BCUT2D eigenvalue weighted by Gasteiger charge is 2.31. The number of nitrogens with zero attached hydrogens (tertiary/aromatic N) is 2. The van der Waals surface area contributed by atoms with Crippen molar-refractivity contribution in [3.63, 3.8) is 0 Å². The van der Waals surface area contributed by atoms with E-state index in [2.05, 4.69) is 10.5 Å². The summed E-state index contributed by atoms with van der Waals surface area (Å²) in [5.74, 6) is -2.34. The van der Waals surface area contributed by atoms with Crippen LogP contribution in [0, 0.1) is 10.1 Å². The summed E-state index contributed by atoms with van der Waals surface area (Å²) >= 11 is 0. The summed E-state index contributed by atoms with van der Waals surface area (Å²) in [7, 11) is 0. The number of esters is 1. The van der Waals surface area contributed by atoms with Crippen LogP contribution in [-0.4, -0.2) is 23.0 Å². The number of alkyl halides is 3. The first-order valence-electron chi connectivity index (χ1n) is 10.6. The minimum atomic E-state index is -4.70. The second-order valence-corrected chi connectivity index (χ2v) is 7.65. The number of benzene rings is 4. The maximum absolute atomic E-state index is 13.0. The number of nitro benzene ring substituents is 1. The number of rotatable bonds is 6. The Labute approximate surface area is 207 Å². The molecule has 0 heterocycles. The Kier molecular flexibility index (Phi) is 6.96. The third-order valence-corrected chi connectivity index (χ3v) is 5.25. The lowest BCUT2D eigenvalue weighted by Gasteiger charge is -2.10. The van der Waals surface area contributed by atoms with Gasteiger partial charge in [0.25, 0.3) is 5.91 Å². The number of carbonyl (C=O) groups is 2. The van der Waals surface area contributed by atoms with Crippen molar-refractivity contribution in [1.82, 2.24) is 5.43 Å². The van der Waals surface area contributed by atoms with Gasteiger partial charge in [-0.2, -0.15) is 18.3 Å². The van der Waals surface area contributed by atoms with Gasteiger partial charge in [-0.15, -0.1) is 0 Å². The van der Waals surface area contributed by atoms with Crippen LogP contribution in [0.25, 0.3) is 10.8 Å². The second kappa shape index (κ2) is 10.3. The van der Waals surface area contributed by atoms with Gasteiger partial charge in [-0.05, 0) is 41.1 Å². The normalized spacial score (nSPS) is 11.4. The van der Waals surface area contributed by atoms with E-state index in [0.29, 0.717) is 17.0 Å². The minimum Gasteiger partial charge on any atom is -0.415 e. The number of carbonyl (C=O) groups excluding carboxylic acids is 2. The summed E-state index contributed by atoms with van der Waals surface area (Å²) in [6.07, 6.45) is -3.67. The molecule has 0 saturated heterocycles. The van der Waals surface area contributed by atoms with Gasteiger partial charge in [0.05, 0.1) is 22.3 Å². The summed E-state index contributed by atoms with van der Waals surface area (Å²) in [4.78, 5) is 36.0. The fourth-order valence-corrected chi connectivity index (χ4v) is 3.52. The predicted molar refractivity (Wildman–Crippen MR) is 129 cm³/mol. The Morgan fingerprint density at radius 3 is 2.41 bits per heavy atom. The zero-order valence-electron chi connectivity index (χ0n) is 18.7. The molecular formula is C26H16F3N3O5. The zero-order chi connectivity index (χ0) is 26.6. The molecular weight excluding hydrogens is 491 g/mol. The monoisotopic (exact) mass is 507 g/mol. The average Bonchev–Trinajstić information content (AvgIpc) is 2.88. The van der Waals surface area contributed by atoms with Crippen LogP contribution in [0.4, 0.5) is 18.9 Å². The number of ether oxygens (including phenoxy) is 1.